The summed E-state index contributed by atoms with van der Waals surface area (Å²) < 4.78 is 30.2. The van der Waals surface area contributed by atoms with E-state index in [1.165, 1.54) is 28.8 Å². The molecule has 0 radical (unpaired) electrons. The molecule has 9 heteroatoms. The first kappa shape index (κ1) is 26.2. The van der Waals surface area contributed by atoms with Gasteiger partial charge in [-0.2, -0.15) is 0 Å². The molecule has 0 aliphatic carbocycles. The topological polar surface area (TPSA) is 79.3 Å². The van der Waals surface area contributed by atoms with Crippen molar-refractivity contribution in [2.45, 2.75) is 32.9 Å². The van der Waals surface area contributed by atoms with Crippen molar-refractivity contribution in [1.29, 1.82) is 0 Å². The third-order valence-corrected chi connectivity index (χ3v) is 7.08. The van der Waals surface area contributed by atoms with Gasteiger partial charge in [0.2, 0.25) is 5.91 Å². The van der Waals surface area contributed by atoms with E-state index in [9.17, 15) is 18.4 Å². The molecule has 0 unspecified atom stereocenters. The number of carbonyl (C=O) groups excluding carboxylic acids is 1. The molecule has 0 bridgehead atoms. The second kappa shape index (κ2) is 10.8. The van der Waals surface area contributed by atoms with Crippen molar-refractivity contribution >= 4 is 23.1 Å². The van der Waals surface area contributed by atoms with Gasteiger partial charge in [0.1, 0.15) is 11.6 Å². The van der Waals surface area contributed by atoms with Crippen LogP contribution >= 0.6 is 0 Å². The molecule has 0 spiro atoms. The lowest BCUT2D eigenvalue weighted by atomic mass is 10.1. The number of nitrogens with zero attached hydrogens (tertiary/aromatic N) is 3. The van der Waals surface area contributed by atoms with Gasteiger partial charge in [-0.1, -0.05) is 24.3 Å². The Labute approximate surface area is 225 Å². The van der Waals surface area contributed by atoms with Crippen LogP contribution in [-0.4, -0.2) is 35.1 Å². The molecule has 7 nitrogen and oxygen atoms in total. The molecule has 39 heavy (non-hydrogen) atoms. The van der Waals surface area contributed by atoms with Gasteiger partial charge in [-0.25, -0.2) is 13.8 Å². The molecule has 1 aliphatic rings. The number of aryl methyl sites for hydroxylation is 1. The number of amides is 1. The highest BCUT2D eigenvalue weighted by atomic mass is 19.1. The molecule has 0 fully saturated rings. The van der Waals surface area contributed by atoms with Crippen LogP contribution < -0.4 is 21.1 Å². The summed E-state index contributed by atoms with van der Waals surface area (Å²) in [4.78, 5) is 32.4. The summed E-state index contributed by atoms with van der Waals surface area (Å²) in [6, 6.07) is 16.3. The van der Waals surface area contributed by atoms with Crippen LogP contribution in [0.5, 0.6) is 0 Å². The number of nitrogens with one attached hydrogen (secondary N) is 2. The Morgan fingerprint density at radius 2 is 1.87 bits per heavy atom. The normalized spacial score (nSPS) is 13.3. The molecule has 1 aromatic heterocycles. The minimum atomic E-state index is -0.529. The molecule has 2 heterocycles. The van der Waals surface area contributed by atoms with Crippen LogP contribution in [0, 0.1) is 18.6 Å². The predicted molar refractivity (Wildman–Crippen MR) is 148 cm³/mol. The fourth-order valence-electron chi connectivity index (χ4n) is 4.86. The molecular formula is C30H29F2N5O2. The molecule has 200 valence electrons. The van der Waals surface area contributed by atoms with E-state index in [-0.39, 0.29) is 18.2 Å². The summed E-state index contributed by atoms with van der Waals surface area (Å²) in [5.41, 5.74) is 4.66. The number of carbonyl (C=O) groups is 1. The van der Waals surface area contributed by atoms with Gasteiger partial charge in [0.05, 0.1) is 24.5 Å². The number of halogens is 2. The zero-order chi connectivity index (χ0) is 27.7. The monoisotopic (exact) mass is 529 g/mol. The van der Waals surface area contributed by atoms with E-state index in [0.29, 0.717) is 29.9 Å². The van der Waals surface area contributed by atoms with Gasteiger partial charge < -0.3 is 15.5 Å². The summed E-state index contributed by atoms with van der Waals surface area (Å²) in [5, 5.41) is 5.44. The molecule has 1 amide bonds. The first-order valence-corrected chi connectivity index (χ1v) is 12.7. The number of fused-ring (bicyclic) bond motifs is 1. The first-order valence-electron chi connectivity index (χ1n) is 12.7. The Kier molecular flexibility index (Phi) is 7.26. The van der Waals surface area contributed by atoms with Crippen LogP contribution in [0.15, 0.2) is 71.7 Å². The maximum Gasteiger partial charge on any atom is 0.294 e. The Morgan fingerprint density at radius 3 is 2.64 bits per heavy atom. The van der Waals surface area contributed by atoms with Gasteiger partial charge in [-0.05, 0) is 80.4 Å². The maximum atomic E-state index is 14.9. The number of hydrogen-bond donors (Lipinski definition) is 2. The molecule has 4 aromatic rings. The zero-order valence-corrected chi connectivity index (χ0v) is 22.0. The van der Waals surface area contributed by atoms with E-state index in [1.807, 2.05) is 42.2 Å². The predicted octanol–water partition coefficient (Wildman–Crippen LogP) is 4.79. The third-order valence-electron chi connectivity index (χ3n) is 7.08. The molecule has 0 saturated heterocycles. The third kappa shape index (κ3) is 5.31. The highest BCUT2D eigenvalue weighted by molar-refractivity contribution is 5.93. The minimum absolute atomic E-state index is 0.0460. The van der Waals surface area contributed by atoms with E-state index in [4.69, 9.17) is 0 Å². The van der Waals surface area contributed by atoms with Crippen molar-refractivity contribution in [3.05, 3.63) is 106 Å². The largest absolute Gasteiger partial charge is 0.341 e. The lowest BCUT2D eigenvalue weighted by molar-refractivity contribution is -0.117. The fourth-order valence-corrected chi connectivity index (χ4v) is 4.86. The van der Waals surface area contributed by atoms with Crippen LogP contribution in [0.3, 0.4) is 0 Å². The van der Waals surface area contributed by atoms with Crippen LogP contribution in [0.4, 0.5) is 26.0 Å². The standard InChI is InChI=1S/C30H29F2N5O2/c1-18-6-4-5-7-25(18)27-16-34-28(35-29(38)19(2)33-3)30(39)37(27)17-20-12-23(32)15-24(13-20)36-11-10-21-14-22(31)8-9-26(21)36/h4-9,12-16,19,33H,10-11,17H2,1-3H3,(H,34,35,38)/t19-/m0/s1. The maximum absolute atomic E-state index is 14.9. The number of anilines is 3. The summed E-state index contributed by atoms with van der Waals surface area (Å²) in [6.07, 6.45) is 2.20. The number of rotatable bonds is 7. The van der Waals surface area contributed by atoms with E-state index in [0.717, 1.165) is 22.4 Å². The second-order valence-corrected chi connectivity index (χ2v) is 9.69. The highest BCUT2D eigenvalue weighted by Gasteiger charge is 2.23. The Hall–Kier alpha value is -4.37. The number of hydrogen-bond acceptors (Lipinski definition) is 5. The van der Waals surface area contributed by atoms with E-state index in [1.54, 1.807) is 26.2 Å². The first-order chi connectivity index (χ1) is 18.7. The molecule has 1 atom stereocenters. The SMILES string of the molecule is CN[C@@H](C)C(=O)Nc1ncc(-c2ccccc2C)n(Cc2cc(F)cc(N3CCc4cc(F)ccc43)c2)c1=O. The van der Waals surface area contributed by atoms with Crippen molar-refractivity contribution < 1.29 is 13.6 Å². The number of benzene rings is 3. The Bertz CT molecular complexity index is 1620. The molecule has 5 rings (SSSR count). The van der Waals surface area contributed by atoms with Gasteiger partial charge >= 0.3 is 0 Å². The summed E-state index contributed by atoms with van der Waals surface area (Å²) in [5.74, 6) is -1.25. The van der Waals surface area contributed by atoms with Crippen molar-refractivity contribution in [3.63, 3.8) is 0 Å². The van der Waals surface area contributed by atoms with Gasteiger partial charge in [0.25, 0.3) is 5.56 Å². The van der Waals surface area contributed by atoms with Crippen LogP contribution in [0.2, 0.25) is 0 Å². The van der Waals surface area contributed by atoms with Crippen molar-refractivity contribution in [2.75, 3.05) is 23.8 Å². The molecule has 1 aliphatic heterocycles. The van der Waals surface area contributed by atoms with E-state index in [2.05, 4.69) is 15.6 Å². The zero-order valence-electron chi connectivity index (χ0n) is 22.0. The van der Waals surface area contributed by atoms with Crippen LogP contribution in [0.1, 0.15) is 23.6 Å². The fraction of sp³-hybridized carbons (Fsp3) is 0.233. The van der Waals surface area contributed by atoms with E-state index < -0.39 is 23.3 Å². The Balaban J connectivity index is 1.57. The lowest BCUT2D eigenvalue weighted by Crippen LogP contribution is -2.38. The summed E-state index contributed by atoms with van der Waals surface area (Å²) >= 11 is 0. The number of aromatic nitrogens is 2. The van der Waals surface area contributed by atoms with Crippen molar-refractivity contribution in [1.82, 2.24) is 14.9 Å². The van der Waals surface area contributed by atoms with Gasteiger partial charge in [0, 0.05) is 23.5 Å². The van der Waals surface area contributed by atoms with Crippen molar-refractivity contribution in [2.24, 2.45) is 0 Å². The summed E-state index contributed by atoms with van der Waals surface area (Å²) in [6.45, 7) is 4.24. The smallest absolute Gasteiger partial charge is 0.294 e. The van der Waals surface area contributed by atoms with Crippen molar-refractivity contribution in [3.8, 4) is 11.3 Å². The van der Waals surface area contributed by atoms with E-state index >= 15 is 0 Å². The Morgan fingerprint density at radius 1 is 1.08 bits per heavy atom. The molecule has 2 N–H and O–H groups in total. The molecular weight excluding hydrogens is 500 g/mol. The van der Waals surface area contributed by atoms with Crippen LogP contribution in [0.25, 0.3) is 11.3 Å². The minimum Gasteiger partial charge on any atom is -0.341 e. The van der Waals surface area contributed by atoms with Crippen LogP contribution in [-0.2, 0) is 17.8 Å². The molecule has 3 aromatic carbocycles. The quantitative estimate of drug-likeness (QED) is 0.360. The second-order valence-electron chi connectivity index (χ2n) is 9.69. The summed E-state index contributed by atoms with van der Waals surface area (Å²) in [7, 11) is 1.65. The number of likely N-dealkylation sites (N-methyl/N-ethyl adjacent to an activating group) is 1. The average Bonchev–Trinajstić information content (AvgIpc) is 3.34. The molecule has 0 saturated carbocycles. The lowest BCUT2D eigenvalue weighted by Gasteiger charge is -2.21. The van der Waals surface area contributed by atoms with Gasteiger partial charge in [0.15, 0.2) is 5.82 Å². The van der Waals surface area contributed by atoms with Gasteiger partial charge in [-0.15, -0.1) is 0 Å². The van der Waals surface area contributed by atoms with Gasteiger partial charge in [-0.3, -0.25) is 14.2 Å². The highest BCUT2D eigenvalue weighted by Crippen LogP contribution is 2.36. The average molecular weight is 530 g/mol.